The summed E-state index contributed by atoms with van der Waals surface area (Å²) in [5, 5.41) is 0. The number of para-hydroxylation sites is 1. The monoisotopic (exact) mass is 367 g/mol. The number of pyridine rings is 1. The SMILES string of the molecule is Cc1ccc(-c2cc(-c3ccc(F)cc3)c3c(n2)-c2ccccc2OC3)cc1. The Morgan fingerprint density at radius 2 is 1.54 bits per heavy atom. The Hall–Kier alpha value is -3.46. The average Bonchev–Trinajstić information content (AvgIpc) is 2.74. The minimum absolute atomic E-state index is 0.243. The number of fused-ring (bicyclic) bond motifs is 3. The minimum atomic E-state index is -0.243. The molecule has 0 N–H and O–H groups in total. The second kappa shape index (κ2) is 6.61. The summed E-state index contributed by atoms with van der Waals surface area (Å²) in [6.45, 7) is 2.52. The second-order valence-electron chi connectivity index (χ2n) is 7.04. The van der Waals surface area contributed by atoms with Gasteiger partial charge in [0.05, 0.1) is 11.4 Å². The summed E-state index contributed by atoms with van der Waals surface area (Å²) in [5.74, 6) is 0.598. The van der Waals surface area contributed by atoms with Gasteiger partial charge in [-0.15, -0.1) is 0 Å². The van der Waals surface area contributed by atoms with Crippen molar-refractivity contribution in [3.05, 3.63) is 95.8 Å². The van der Waals surface area contributed by atoms with Gasteiger partial charge in [-0.05, 0) is 48.4 Å². The van der Waals surface area contributed by atoms with Gasteiger partial charge in [-0.25, -0.2) is 9.37 Å². The Labute approximate surface area is 163 Å². The lowest BCUT2D eigenvalue weighted by Crippen LogP contribution is -2.09. The van der Waals surface area contributed by atoms with E-state index in [9.17, 15) is 4.39 Å². The van der Waals surface area contributed by atoms with Gasteiger partial charge in [-0.2, -0.15) is 0 Å². The van der Waals surface area contributed by atoms with Gasteiger partial charge in [-0.1, -0.05) is 54.1 Å². The van der Waals surface area contributed by atoms with E-state index >= 15 is 0 Å². The summed E-state index contributed by atoms with van der Waals surface area (Å²) in [4.78, 5) is 5.00. The quantitative estimate of drug-likeness (QED) is 0.408. The van der Waals surface area contributed by atoms with E-state index in [4.69, 9.17) is 9.72 Å². The molecule has 3 heteroatoms. The van der Waals surface area contributed by atoms with Gasteiger partial charge < -0.3 is 4.74 Å². The van der Waals surface area contributed by atoms with Gasteiger partial charge in [0.1, 0.15) is 18.2 Å². The smallest absolute Gasteiger partial charge is 0.129 e. The topological polar surface area (TPSA) is 22.1 Å². The molecule has 0 aliphatic carbocycles. The van der Waals surface area contributed by atoms with Crippen LogP contribution in [0.3, 0.4) is 0 Å². The predicted octanol–water partition coefficient (Wildman–Crippen LogP) is 6.42. The highest BCUT2D eigenvalue weighted by Gasteiger charge is 2.23. The number of nitrogens with zero attached hydrogens (tertiary/aromatic N) is 1. The first-order chi connectivity index (χ1) is 13.7. The molecule has 0 atom stereocenters. The second-order valence-corrected chi connectivity index (χ2v) is 7.04. The molecule has 28 heavy (non-hydrogen) atoms. The molecule has 2 heterocycles. The number of rotatable bonds is 2. The molecule has 0 unspecified atom stereocenters. The lowest BCUT2D eigenvalue weighted by molar-refractivity contribution is 0.302. The van der Waals surface area contributed by atoms with Crippen molar-refractivity contribution in [2.45, 2.75) is 13.5 Å². The summed E-state index contributed by atoms with van der Waals surface area (Å²) in [6, 6.07) is 25.0. The molecule has 0 fully saturated rings. The highest BCUT2D eigenvalue weighted by Crippen LogP contribution is 2.41. The Bertz CT molecular complexity index is 1160. The van der Waals surface area contributed by atoms with E-state index in [-0.39, 0.29) is 5.82 Å². The van der Waals surface area contributed by atoms with Gasteiger partial charge >= 0.3 is 0 Å². The Balaban J connectivity index is 1.78. The predicted molar refractivity (Wildman–Crippen MR) is 110 cm³/mol. The molecule has 1 aliphatic heterocycles. The number of aryl methyl sites for hydroxylation is 1. The van der Waals surface area contributed by atoms with Crippen molar-refractivity contribution < 1.29 is 9.13 Å². The van der Waals surface area contributed by atoms with E-state index in [0.717, 1.165) is 45.0 Å². The zero-order valence-corrected chi connectivity index (χ0v) is 15.4. The molecule has 4 aromatic rings. The van der Waals surface area contributed by atoms with Gasteiger partial charge in [0, 0.05) is 16.7 Å². The van der Waals surface area contributed by atoms with Crippen molar-refractivity contribution in [3.63, 3.8) is 0 Å². The maximum absolute atomic E-state index is 13.5. The summed E-state index contributed by atoms with van der Waals surface area (Å²) >= 11 is 0. The molecule has 0 saturated carbocycles. The van der Waals surface area contributed by atoms with Crippen LogP contribution in [-0.4, -0.2) is 4.98 Å². The first-order valence-electron chi connectivity index (χ1n) is 9.28. The summed E-state index contributed by atoms with van der Waals surface area (Å²) in [5.41, 5.74) is 8.09. The summed E-state index contributed by atoms with van der Waals surface area (Å²) in [6.07, 6.45) is 0. The number of benzene rings is 3. The summed E-state index contributed by atoms with van der Waals surface area (Å²) in [7, 11) is 0. The van der Waals surface area contributed by atoms with Crippen LogP contribution >= 0.6 is 0 Å². The van der Waals surface area contributed by atoms with Crippen LogP contribution in [0.2, 0.25) is 0 Å². The third-order valence-electron chi connectivity index (χ3n) is 5.14. The fourth-order valence-corrected chi connectivity index (χ4v) is 3.64. The number of hydrogen-bond acceptors (Lipinski definition) is 2. The molecule has 0 spiro atoms. The fourth-order valence-electron chi connectivity index (χ4n) is 3.64. The minimum Gasteiger partial charge on any atom is -0.488 e. The number of hydrogen-bond donors (Lipinski definition) is 0. The third-order valence-corrected chi connectivity index (χ3v) is 5.14. The van der Waals surface area contributed by atoms with Crippen LogP contribution in [0.25, 0.3) is 33.6 Å². The van der Waals surface area contributed by atoms with Gasteiger partial charge in [-0.3, -0.25) is 0 Å². The molecule has 2 nitrogen and oxygen atoms in total. The van der Waals surface area contributed by atoms with E-state index in [2.05, 4.69) is 37.3 Å². The standard InChI is InChI=1S/C25H18FNO/c1-16-6-8-18(9-7-16)23-14-21(17-10-12-19(26)13-11-17)22-15-28-24-5-3-2-4-20(24)25(22)27-23/h2-14H,15H2,1H3. The zero-order valence-electron chi connectivity index (χ0n) is 15.4. The molecule has 0 amide bonds. The molecule has 5 rings (SSSR count). The molecule has 1 aliphatic rings. The van der Waals surface area contributed by atoms with Crippen LogP contribution in [0.5, 0.6) is 5.75 Å². The fraction of sp³-hybridized carbons (Fsp3) is 0.0800. The van der Waals surface area contributed by atoms with Crippen molar-refractivity contribution in [1.82, 2.24) is 4.98 Å². The Kier molecular flexibility index (Phi) is 3.94. The van der Waals surface area contributed by atoms with Crippen molar-refractivity contribution in [2.24, 2.45) is 0 Å². The van der Waals surface area contributed by atoms with Gasteiger partial charge in [0.25, 0.3) is 0 Å². The number of aromatic nitrogens is 1. The van der Waals surface area contributed by atoms with E-state index in [0.29, 0.717) is 6.61 Å². The van der Waals surface area contributed by atoms with Crippen LogP contribution in [-0.2, 0) is 6.61 Å². The van der Waals surface area contributed by atoms with E-state index < -0.39 is 0 Å². The maximum Gasteiger partial charge on any atom is 0.129 e. The Morgan fingerprint density at radius 1 is 0.821 bits per heavy atom. The van der Waals surface area contributed by atoms with Crippen LogP contribution in [0.4, 0.5) is 4.39 Å². The molecule has 0 saturated heterocycles. The highest BCUT2D eigenvalue weighted by molar-refractivity contribution is 5.83. The maximum atomic E-state index is 13.5. The lowest BCUT2D eigenvalue weighted by atomic mass is 9.92. The summed E-state index contributed by atoms with van der Waals surface area (Å²) < 4.78 is 19.5. The largest absolute Gasteiger partial charge is 0.488 e. The van der Waals surface area contributed by atoms with Crippen LogP contribution < -0.4 is 4.74 Å². The van der Waals surface area contributed by atoms with E-state index in [1.54, 1.807) is 0 Å². The highest BCUT2D eigenvalue weighted by atomic mass is 19.1. The van der Waals surface area contributed by atoms with Crippen molar-refractivity contribution in [3.8, 4) is 39.4 Å². The zero-order chi connectivity index (χ0) is 19.1. The molecule has 3 aromatic carbocycles. The molecule has 1 aromatic heterocycles. The average molecular weight is 367 g/mol. The molecular weight excluding hydrogens is 349 g/mol. The molecular formula is C25H18FNO. The van der Waals surface area contributed by atoms with Gasteiger partial charge in [0.2, 0.25) is 0 Å². The third kappa shape index (κ3) is 2.85. The van der Waals surface area contributed by atoms with Crippen molar-refractivity contribution >= 4 is 0 Å². The van der Waals surface area contributed by atoms with Gasteiger partial charge in [0.15, 0.2) is 0 Å². The molecule has 0 radical (unpaired) electrons. The van der Waals surface area contributed by atoms with E-state index in [1.165, 1.54) is 17.7 Å². The lowest BCUT2D eigenvalue weighted by Gasteiger charge is -2.23. The van der Waals surface area contributed by atoms with Crippen molar-refractivity contribution in [1.29, 1.82) is 0 Å². The Morgan fingerprint density at radius 3 is 2.32 bits per heavy atom. The van der Waals surface area contributed by atoms with Crippen LogP contribution in [0, 0.1) is 12.7 Å². The first-order valence-corrected chi connectivity index (χ1v) is 9.28. The molecule has 0 bridgehead atoms. The van der Waals surface area contributed by atoms with E-state index in [1.807, 2.05) is 36.4 Å². The molecule has 136 valence electrons. The van der Waals surface area contributed by atoms with Crippen LogP contribution in [0.15, 0.2) is 78.9 Å². The number of ether oxygens (including phenoxy) is 1. The van der Waals surface area contributed by atoms with Crippen molar-refractivity contribution in [2.75, 3.05) is 0 Å². The van der Waals surface area contributed by atoms with Crippen LogP contribution in [0.1, 0.15) is 11.1 Å². The number of halogens is 1. The normalized spacial score (nSPS) is 12.1. The first kappa shape index (κ1) is 16.7.